The number of benzene rings is 2. The lowest BCUT2D eigenvalue weighted by atomic mass is 9.83. The molecular weight excluding hydrogens is 1270 g/mol. The molecule has 32 heteroatoms. The number of carbonyl (C=O) groups excluding carboxylic acids is 11. The number of hydrogen-bond donors (Lipinski definition) is 13. The normalized spacial score (nSPS) is 21.3. The van der Waals surface area contributed by atoms with Gasteiger partial charge in [0.25, 0.3) is 17.4 Å². The zero-order valence-corrected chi connectivity index (χ0v) is 52.4. The number of amides is 10. The Morgan fingerprint density at radius 1 is 0.758 bits per heavy atom. The van der Waals surface area contributed by atoms with E-state index in [1.165, 1.54) is 4.57 Å². The molecule has 4 aromatic rings. The molecule has 9 rings (SSSR count). The molecule has 2 aromatic carbocycles. The summed E-state index contributed by atoms with van der Waals surface area (Å²) in [6, 6.07) is 10.4. The van der Waals surface area contributed by atoms with Gasteiger partial charge in [-0.05, 0) is 73.4 Å². The van der Waals surface area contributed by atoms with Gasteiger partial charge in [-0.2, -0.15) is 0 Å². The van der Waals surface area contributed by atoms with Crippen molar-refractivity contribution in [2.45, 2.75) is 139 Å². The molecule has 6 heterocycles. The molecule has 0 unspecified atom stereocenters. The van der Waals surface area contributed by atoms with E-state index in [1.807, 2.05) is 6.07 Å². The van der Waals surface area contributed by atoms with Crippen LogP contribution >= 0.6 is 11.6 Å². The molecule has 1 saturated heterocycles. The fourth-order valence-electron chi connectivity index (χ4n) is 12.0. The van der Waals surface area contributed by atoms with E-state index in [4.69, 9.17) is 30.8 Å². The Morgan fingerprint density at radius 2 is 1.44 bits per heavy atom. The Morgan fingerprint density at radius 3 is 2.16 bits per heavy atom. The second-order valence-corrected chi connectivity index (χ2v) is 23.9. The van der Waals surface area contributed by atoms with Crippen molar-refractivity contribution in [2.24, 2.45) is 0 Å². The molecule has 31 nitrogen and oxygen atoms in total. The minimum absolute atomic E-state index is 0.0418. The highest BCUT2D eigenvalue weighted by Gasteiger charge is 2.47. The van der Waals surface area contributed by atoms with Crippen molar-refractivity contribution in [1.82, 2.24) is 57.0 Å². The van der Waals surface area contributed by atoms with Gasteiger partial charge in [-0.15, -0.1) is 0 Å². The van der Waals surface area contributed by atoms with Gasteiger partial charge < -0.3 is 86.8 Å². The maximum Gasteiger partial charge on any atom is 0.343 e. The molecule has 1 aliphatic carbocycles. The molecule has 0 bridgehead atoms. The monoisotopic (exact) mass is 1340 g/mol. The number of aryl methyl sites for hydroxylation is 1. The lowest BCUT2D eigenvalue weighted by Crippen LogP contribution is -2.60. The molecule has 0 radical (unpaired) electrons. The van der Waals surface area contributed by atoms with Crippen LogP contribution in [0.25, 0.3) is 22.3 Å². The molecule has 13 N–H and O–H groups in total. The summed E-state index contributed by atoms with van der Waals surface area (Å²) < 4.78 is 17.7. The summed E-state index contributed by atoms with van der Waals surface area (Å²) in [7, 11) is 0. The quantitative estimate of drug-likeness (QED) is 0.00927. The van der Waals surface area contributed by atoms with Crippen molar-refractivity contribution in [3.05, 3.63) is 109 Å². The van der Waals surface area contributed by atoms with Gasteiger partial charge in [-0.1, -0.05) is 55.3 Å². The highest BCUT2D eigenvalue weighted by molar-refractivity contribution is 6.31. The lowest BCUT2D eigenvalue weighted by Gasteiger charge is -2.40. The molecule has 0 spiro atoms. The maximum absolute atomic E-state index is 14.0. The smallest absolute Gasteiger partial charge is 0.343 e. The predicted molar refractivity (Wildman–Crippen MR) is 331 cm³/mol. The largest absolute Gasteiger partial charge is 0.458 e. The first-order valence-electron chi connectivity index (χ1n) is 31.0. The van der Waals surface area contributed by atoms with Crippen LogP contribution in [-0.2, 0) is 98.5 Å². The Bertz CT molecular complexity index is 3740. The second kappa shape index (κ2) is 31.4. The van der Waals surface area contributed by atoms with Crippen LogP contribution in [0.3, 0.4) is 0 Å². The number of cyclic esters (lactones) is 1. The fourth-order valence-corrected chi connectivity index (χ4v) is 12.2. The summed E-state index contributed by atoms with van der Waals surface area (Å²) in [6.45, 7) is -2.52. The zero-order chi connectivity index (χ0) is 68.3. The van der Waals surface area contributed by atoms with E-state index in [-0.39, 0.29) is 69.5 Å². The van der Waals surface area contributed by atoms with Crippen LogP contribution in [0.4, 0.5) is 0 Å². The molecule has 4 aliphatic heterocycles. The third kappa shape index (κ3) is 16.7. The minimum Gasteiger partial charge on any atom is -0.458 e. The summed E-state index contributed by atoms with van der Waals surface area (Å²) in [5.74, 6) is -7.73. The summed E-state index contributed by atoms with van der Waals surface area (Å²) in [5.41, 5.74) is 2.01. The molecule has 9 atom stereocenters. The predicted octanol–water partition coefficient (Wildman–Crippen LogP) is -3.29. The molecule has 10 amide bonds. The fraction of sp³-hybridized carbons (Fsp3) is 0.476. The van der Waals surface area contributed by atoms with Crippen LogP contribution < -0.4 is 48.1 Å². The molecule has 508 valence electrons. The van der Waals surface area contributed by atoms with Gasteiger partial charge in [0.2, 0.25) is 47.3 Å². The van der Waals surface area contributed by atoms with Crippen LogP contribution in [0.5, 0.6) is 0 Å². The summed E-state index contributed by atoms with van der Waals surface area (Å²) in [5, 5.41) is 72.9. The third-order valence-electron chi connectivity index (χ3n) is 17.1. The van der Waals surface area contributed by atoms with Crippen LogP contribution in [0.2, 0.25) is 5.02 Å². The number of halogens is 1. The maximum atomic E-state index is 14.0. The average Bonchev–Trinajstić information content (AvgIpc) is 1.62. The van der Waals surface area contributed by atoms with Crippen molar-refractivity contribution >= 4 is 87.5 Å². The van der Waals surface area contributed by atoms with Gasteiger partial charge in [0.1, 0.15) is 62.5 Å². The van der Waals surface area contributed by atoms with E-state index >= 15 is 0 Å². The number of hydrogen-bond acceptors (Lipinski definition) is 21. The first-order chi connectivity index (χ1) is 45.5. The number of aliphatic hydroxyl groups is 5. The molecule has 2 aromatic heterocycles. The number of aliphatic hydroxyl groups excluding tert-OH is 4. The standard InChI is InChI=1S/C63H74ClN11O20/c1-2-63(92)37-22-42-55-35(27-75(42)61(90)36(37)29-94-62(63)91)54-38(13-12-33-20-34(64)21-40(73-55)53(33)54)70-50(82)30-93-31-69-48(80)25-68-60(89)41(19-32-9-5-3-6-10-32)72-49(81)26-66-47(79)24-67-59(88)39(71-46(78)11-7-4-8-18-74-51(83)16-17-52(74)84)14-15-45(77)65-23-43-56(85)58(87)57(86)44(28-76)95-43/h3,5-6,9-10,16-17,20-22,38-39,41,43-44,56-58,76,85-87,92H,2,4,7-8,11-15,18-19,23-31H2,1H3,(H,65,77)(H,66,79)(H,67,88)(H,68,89)(H,69,80)(H,70,82)(H,71,78)(H,72,81)/t38-,39+,41+,43+,44-,56+,57-,58-,63+/m1/s1. The van der Waals surface area contributed by atoms with Crippen molar-refractivity contribution in [3.8, 4) is 11.4 Å². The first-order valence-corrected chi connectivity index (χ1v) is 31.4. The summed E-state index contributed by atoms with van der Waals surface area (Å²) in [6.07, 6.45) is -3.95. The number of carbonyl (C=O) groups is 11. The van der Waals surface area contributed by atoms with Gasteiger partial charge in [-0.3, -0.25) is 57.6 Å². The number of ether oxygens (including phenoxy) is 3. The van der Waals surface area contributed by atoms with E-state index < -0.39 is 171 Å². The van der Waals surface area contributed by atoms with Crippen LogP contribution in [0.1, 0.15) is 97.7 Å². The van der Waals surface area contributed by atoms with Gasteiger partial charge >= 0.3 is 5.97 Å². The third-order valence-corrected chi connectivity index (χ3v) is 17.3. The number of imide groups is 1. The van der Waals surface area contributed by atoms with E-state index in [9.17, 15) is 83.1 Å². The highest BCUT2D eigenvalue weighted by atomic mass is 35.5. The van der Waals surface area contributed by atoms with Crippen molar-refractivity contribution in [1.29, 1.82) is 0 Å². The van der Waals surface area contributed by atoms with Gasteiger partial charge in [0, 0.05) is 66.0 Å². The van der Waals surface area contributed by atoms with Gasteiger partial charge in [0.15, 0.2) is 5.60 Å². The molecule has 5 aliphatic rings. The second-order valence-electron chi connectivity index (χ2n) is 23.5. The Hall–Kier alpha value is -9.08. The van der Waals surface area contributed by atoms with Crippen molar-refractivity contribution in [3.63, 3.8) is 0 Å². The van der Waals surface area contributed by atoms with Crippen LogP contribution in [-0.4, -0.2) is 200 Å². The highest BCUT2D eigenvalue weighted by Crippen LogP contribution is 2.45. The van der Waals surface area contributed by atoms with Gasteiger partial charge in [0.05, 0.1) is 61.3 Å². The van der Waals surface area contributed by atoms with Gasteiger partial charge in [-0.25, -0.2) is 9.78 Å². The van der Waals surface area contributed by atoms with Crippen molar-refractivity contribution < 1.29 is 92.5 Å². The number of pyridine rings is 2. The van der Waals surface area contributed by atoms with E-state index in [1.54, 1.807) is 49.4 Å². The average molecular weight is 1340 g/mol. The number of fused-ring (bicyclic) bond motifs is 5. The SMILES string of the molecule is CC[C@@]1(O)C(=O)OCc2c1cc1n(c2=O)Cc2c-1nc1cc(Cl)cc3c1c2[C@H](NC(=O)COCNC(=O)CNC(=O)[C@H](Cc1ccccc1)NC(=O)CNC(=O)CNC(=O)[C@H](CCC(=O)NC[C@@H]1O[C@H](CO)[C@@H](O)[C@H](O)[C@H]1O)NC(=O)CCCCCN1C(=O)C=CC1=O)CC3. The molecule has 1 fully saturated rings. The molecule has 95 heavy (non-hydrogen) atoms. The minimum atomic E-state index is -2.04. The van der Waals surface area contributed by atoms with Crippen LogP contribution in [0, 0.1) is 0 Å². The molecule has 0 saturated carbocycles. The molecular formula is C63H74ClN11O20. The first kappa shape index (κ1) is 70.2. The zero-order valence-electron chi connectivity index (χ0n) is 51.6. The Balaban J connectivity index is 0.734. The number of nitrogens with zero attached hydrogens (tertiary/aromatic N) is 3. The summed E-state index contributed by atoms with van der Waals surface area (Å²) >= 11 is 6.55. The Labute approximate surface area is 547 Å². The number of aromatic nitrogens is 2. The number of rotatable bonds is 30. The van der Waals surface area contributed by atoms with Crippen molar-refractivity contribution in [2.75, 3.05) is 52.7 Å². The number of nitrogens with one attached hydrogen (secondary N) is 8. The van der Waals surface area contributed by atoms with E-state index in [2.05, 4.69) is 42.5 Å². The van der Waals surface area contributed by atoms with Crippen LogP contribution in [0.15, 0.2) is 65.5 Å². The topological polar surface area (TPSA) is 451 Å². The summed E-state index contributed by atoms with van der Waals surface area (Å²) in [4.78, 5) is 163. The number of unbranched alkanes of at least 4 members (excludes halogenated alkanes) is 2. The number of esters is 1. The Kier molecular flexibility index (Phi) is 23.2. The van der Waals surface area contributed by atoms with E-state index in [0.717, 1.165) is 28.0 Å². The van der Waals surface area contributed by atoms with E-state index in [0.29, 0.717) is 64.3 Å². The lowest BCUT2D eigenvalue weighted by molar-refractivity contribution is -0.227.